The lowest BCUT2D eigenvalue weighted by atomic mass is 10.1. The zero-order chi connectivity index (χ0) is 21.8. The summed E-state index contributed by atoms with van der Waals surface area (Å²) in [6, 6.07) is 11.6. The Kier molecular flexibility index (Phi) is 6.35. The van der Waals surface area contributed by atoms with Gasteiger partial charge in [-0.05, 0) is 55.8 Å². The van der Waals surface area contributed by atoms with E-state index in [9.17, 15) is 9.90 Å². The van der Waals surface area contributed by atoms with Gasteiger partial charge in [0.05, 0.1) is 16.7 Å². The van der Waals surface area contributed by atoms with Crippen molar-refractivity contribution in [2.24, 2.45) is 0 Å². The Bertz CT molecular complexity index is 1100. The van der Waals surface area contributed by atoms with Crippen LogP contribution in [0.4, 0.5) is 11.4 Å². The number of hydrogen-bond acceptors (Lipinski definition) is 7. The summed E-state index contributed by atoms with van der Waals surface area (Å²) in [5.41, 5.74) is 3.02. The third-order valence-corrected chi connectivity index (χ3v) is 4.95. The normalized spacial score (nSPS) is 12.7. The van der Waals surface area contributed by atoms with E-state index in [0.29, 0.717) is 33.1 Å². The molecule has 0 unspecified atom stereocenters. The molecule has 8 nitrogen and oxygen atoms in total. The number of hydrogen-bond donors (Lipinski definition) is 3. The molecular weight excluding hydrogens is 406 g/mol. The van der Waals surface area contributed by atoms with Crippen LogP contribution in [0.5, 0.6) is 0 Å². The molecule has 0 aliphatic heterocycles. The van der Waals surface area contributed by atoms with Gasteiger partial charge in [0.25, 0.3) is 0 Å². The van der Waals surface area contributed by atoms with Crippen molar-refractivity contribution in [3.63, 3.8) is 0 Å². The molecule has 2 aromatic carbocycles. The van der Waals surface area contributed by atoms with E-state index >= 15 is 0 Å². The van der Waals surface area contributed by atoms with Crippen LogP contribution >= 0.6 is 11.6 Å². The van der Waals surface area contributed by atoms with Crippen LogP contribution in [-0.4, -0.2) is 27.3 Å². The van der Waals surface area contributed by atoms with Crippen LogP contribution in [-0.2, 0) is 4.79 Å². The molecule has 0 aliphatic rings. The van der Waals surface area contributed by atoms with Crippen molar-refractivity contribution in [1.29, 1.82) is 5.26 Å². The molecule has 154 valence electrons. The van der Waals surface area contributed by atoms with E-state index in [2.05, 4.69) is 20.8 Å². The molecule has 0 aliphatic carbocycles. The number of amides is 1. The number of rotatable bonds is 6. The zero-order valence-corrected chi connectivity index (χ0v) is 17.4. The van der Waals surface area contributed by atoms with Crippen molar-refractivity contribution in [1.82, 2.24) is 10.2 Å². The molecule has 0 fully saturated rings. The lowest BCUT2D eigenvalue weighted by Gasteiger charge is -2.21. The van der Waals surface area contributed by atoms with Crippen molar-refractivity contribution in [2.75, 3.05) is 10.6 Å². The minimum atomic E-state index is -0.853. The second-order valence-electron chi connectivity index (χ2n) is 6.78. The lowest BCUT2D eigenvalue weighted by Crippen LogP contribution is -2.23. The summed E-state index contributed by atoms with van der Waals surface area (Å²) < 4.78 is 5.78. The van der Waals surface area contributed by atoms with Gasteiger partial charge in [0, 0.05) is 23.9 Å². The smallest absolute Gasteiger partial charge is 0.247 e. The van der Waals surface area contributed by atoms with Crippen LogP contribution in [0.3, 0.4) is 0 Å². The maximum Gasteiger partial charge on any atom is 0.247 e. The second-order valence-corrected chi connectivity index (χ2v) is 7.16. The first kappa shape index (κ1) is 21.3. The second kappa shape index (κ2) is 8.95. The molecule has 30 heavy (non-hydrogen) atoms. The fourth-order valence-electron chi connectivity index (χ4n) is 2.86. The summed E-state index contributed by atoms with van der Waals surface area (Å²) in [4.78, 5) is 11.1. The molecule has 1 heterocycles. The minimum absolute atomic E-state index is 0.160. The van der Waals surface area contributed by atoms with Gasteiger partial charge in [0.15, 0.2) is 0 Å². The molecule has 0 bridgehead atoms. The largest absolute Gasteiger partial charge is 0.418 e. The quantitative estimate of drug-likeness (QED) is 0.543. The summed E-state index contributed by atoms with van der Waals surface area (Å²) in [5, 5.41) is 33.7. The van der Waals surface area contributed by atoms with E-state index in [1.54, 1.807) is 50.2 Å². The van der Waals surface area contributed by atoms with E-state index in [1.165, 1.54) is 6.92 Å². The van der Waals surface area contributed by atoms with Crippen LogP contribution in [0.2, 0.25) is 5.02 Å². The Morgan fingerprint density at radius 2 is 1.93 bits per heavy atom. The van der Waals surface area contributed by atoms with Crippen molar-refractivity contribution < 1.29 is 14.3 Å². The highest BCUT2D eigenvalue weighted by Crippen LogP contribution is 2.31. The molecule has 0 saturated heterocycles. The first-order valence-corrected chi connectivity index (χ1v) is 9.53. The molecule has 9 heteroatoms. The maximum atomic E-state index is 11.1. The average molecular weight is 426 g/mol. The topological polar surface area (TPSA) is 124 Å². The monoisotopic (exact) mass is 425 g/mol. The fraction of sp³-hybridized carbons (Fsp3) is 0.238. The molecule has 0 saturated carbocycles. The van der Waals surface area contributed by atoms with Crippen LogP contribution in [0.25, 0.3) is 11.5 Å². The summed E-state index contributed by atoms with van der Waals surface area (Å²) in [5.74, 6) is 0.319. The average Bonchev–Trinajstić information content (AvgIpc) is 3.18. The van der Waals surface area contributed by atoms with Crippen molar-refractivity contribution in [3.05, 3.63) is 58.4 Å². The Balaban J connectivity index is 1.85. The van der Waals surface area contributed by atoms with Gasteiger partial charge in [-0.3, -0.25) is 4.79 Å². The molecule has 1 amide bonds. The number of nitrogens with zero attached hydrogens (tertiary/aromatic N) is 3. The first-order chi connectivity index (χ1) is 14.3. The number of nitriles is 1. The highest BCUT2D eigenvalue weighted by Gasteiger charge is 2.25. The first-order valence-electron chi connectivity index (χ1n) is 9.15. The standard InChI is InChI=1S/C21H20ClN5O3/c1-11-17(9-6-15(10-23)18(11)22)25-19(12(2)28)21-27-26-20(30-21)14-4-7-16(8-5-14)24-13(3)29/h4-9,12,19,25,28H,1-3H3,(H,24,29)/t12-,19-/m1/s1. The molecule has 3 aromatic rings. The third kappa shape index (κ3) is 4.59. The molecule has 1 aromatic heterocycles. The molecule has 3 N–H and O–H groups in total. The number of benzene rings is 2. The highest BCUT2D eigenvalue weighted by molar-refractivity contribution is 6.32. The lowest BCUT2D eigenvalue weighted by molar-refractivity contribution is -0.114. The fourth-order valence-corrected chi connectivity index (χ4v) is 3.07. The summed E-state index contributed by atoms with van der Waals surface area (Å²) in [7, 11) is 0. The summed E-state index contributed by atoms with van der Waals surface area (Å²) in [6.45, 7) is 4.81. The van der Waals surface area contributed by atoms with Gasteiger partial charge >= 0.3 is 0 Å². The number of carbonyl (C=O) groups excluding carboxylic acids is 1. The summed E-state index contributed by atoms with van der Waals surface area (Å²) in [6.07, 6.45) is -0.853. The Labute approximate surface area is 178 Å². The van der Waals surface area contributed by atoms with Crippen LogP contribution in [0.15, 0.2) is 40.8 Å². The zero-order valence-electron chi connectivity index (χ0n) is 16.6. The van der Waals surface area contributed by atoms with E-state index in [1.807, 2.05) is 6.07 Å². The molecule has 3 rings (SSSR count). The van der Waals surface area contributed by atoms with E-state index in [4.69, 9.17) is 21.3 Å². The van der Waals surface area contributed by atoms with Gasteiger partial charge in [-0.1, -0.05) is 11.6 Å². The number of aromatic nitrogens is 2. The predicted octanol–water partition coefficient (Wildman–Crippen LogP) is 4.06. The summed E-state index contributed by atoms with van der Waals surface area (Å²) >= 11 is 6.23. The molecule has 0 radical (unpaired) electrons. The number of halogens is 1. The molecule has 2 atom stereocenters. The minimum Gasteiger partial charge on any atom is -0.418 e. The Morgan fingerprint density at radius 3 is 2.53 bits per heavy atom. The number of aliphatic hydroxyl groups excluding tert-OH is 1. The van der Waals surface area contributed by atoms with Crippen LogP contribution in [0, 0.1) is 18.3 Å². The van der Waals surface area contributed by atoms with Gasteiger partial charge < -0.3 is 20.2 Å². The van der Waals surface area contributed by atoms with Crippen molar-refractivity contribution in [3.8, 4) is 17.5 Å². The number of carbonyl (C=O) groups is 1. The van der Waals surface area contributed by atoms with Crippen LogP contribution < -0.4 is 10.6 Å². The van der Waals surface area contributed by atoms with Gasteiger partial charge in [-0.15, -0.1) is 10.2 Å². The predicted molar refractivity (Wildman–Crippen MR) is 113 cm³/mol. The van der Waals surface area contributed by atoms with E-state index < -0.39 is 12.1 Å². The van der Waals surface area contributed by atoms with Crippen molar-refractivity contribution >= 4 is 28.9 Å². The Hall–Kier alpha value is -3.41. The van der Waals surface area contributed by atoms with Gasteiger partial charge in [-0.25, -0.2) is 0 Å². The number of nitrogens with one attached hydrogen (secondary N) is 2. The number of anilines is 2. The highest BCUT2D eigenvalue weighted by atomic mass is 35.5. The van der Waals surface area contributed by atoms with E-state index in [-0.39, 0.29) is 17.7 Å². The van der Waals surface area contributed by atoms with Gasteiger partial charge in [0.1, 0.15) is 12.1 Å². The van der Waals surface area contributed by atoms with Gasteiger partial charge in [0.2, 0.25) is 17.7 Å². The number of aliphatic hydroxyl groups is 1. The van der Waals surface area contributed by atoms with Crippen molar-refractivity contribution in [2.45, 2.75) is 32.9 Å². The molecular formula is C21H20ClN5O3. The van der Waals surface area contributed by atoms with Gasteiger partial charge in [-0.2, -0.15) is 5.26 Å². The third-order valence-electron chi connectivity index (χ3n) is 4.46. The maximum absolute atomic E-state index is 11.1. The SMILES string of the molecule is CC(=O)Nc1ccc(-c2nnc([C@H](Nc3ccc(C#N)c(Cl)c3C)[C@@H](C)O)o2)cc1. The van der Waals surface area contributed by atoms with Crippen LogP contribution in [0.1, 0.15) is 36.9 Å². The molecule has 0 spiro atoms. The Morgan fingerprint density at radius 1 is 1.23 bits per heavy atom. The van der Waals surface area contributed by atoms with E-state index in [0.717, 1.165) is 0 Å².